The van der Waals surface area contributed by atoms with Crippen molar-refractivity contribution in [3.63, 3.8) is 0 Å². The molecule has 0 amide bonds. The molecule has 0 aliphatic carbocycles. The first kappa shape index (κ1) is 12.8. The molecular weight excluding hydrogens is 266 g/mol. The Balaban J connectivity index is 1.57. The molecule has 2 atom stereocenters. The Bertz CT molecular complexity index is 593. The minimum atomic E-state index is 0.0223. The molecular formula is C16H19N3O2. The summed E-state index contributed by atoms with van der Waals surface area (Å²) in [5, 5.41) is 4.13. The number of benzene rings is 1. The van der Waals surface area contributed by atoms with E-state index in [1.807, 2.05) is 6.07 Å². The molecule has 0 spiro atoms. The molecule has 3 heterocycles. The highest BCUT2D eigenvalue weighted by Crippen LogP contribution is 2.36. The molecule has 0 N–H and O–H groups in total. The maximum Gasteiger partial charge on any atom is 0.249 e. The van der Waals surface area contributed by atoms with Crippen LogP contribution >= 0.6 is 0 Å². The van der Waals surface area contributed by atoms with E-state index in [1.165, 1.54) is 5.69 Å². The van der Waals surface area contributed by atoms with Gasteiger partial charge in [0.15, 0.2) is 0 Å². The van der Waals surface area contributed by atoms with Crippen molar-refractivity contribution >= 4 is 5.69 Å². The fraction of sp³-hybridized carbons (Fsp3) is 0.500. The van der Waals surface area contributed by atoms with Gasteiger partial charge in [0.05, 0.1) is 0 Å². The summed E-state index contributed by atoms with van der Waals surface area (Å²) in [5.74, 6) is 1.43. The molecule has 2 fully saturated rings. The summed E-state index contributed by atoms with van der Waals surface area (Å²) in [6, 6.07) is 10.6. The lowest BCUT2D eigenvalue weighted by Gasteiger charge is -2.23. The minimum Gasteiger partial charge on any atom is -0.370 e. The van der Waals surface area contributed by atoms with Crippen LogP contribution in [0.25, 0.3) is 0 Å². The van der Waals surface area contributed by atoms with Crippen LogP contribution in [0.4, 0.5) is 5.69 Å². The molecule has 0 radical (unpaired) electrons. The first-order valence-electron chi connectivity index (χ1n) is 7.68. The first-order valence-corrected chi connectivity index (χ1v) is 7.68. The molecule has 2 aliphatic heterocycles. The van der Waals surface area contributed by atoms with Crippen molar-refractivity contribution in [1.82, 2.24) is 10.1 Å². The van der Waals surface area contributed by atoms with Crippen molar-refractivity contribution in [1.29, 1.82) is 0 Å². The normalized spacial score (nSPS) is 25.6. The van der Waals surface area contributed by atoms with Gasteiger partial charge in [0.25, 0.3) is 0 Å². The molecule has 5 nitrogen and oxygen atoms in total. The lowest BCUT2D eigenvalue weighted by molar-refractivity contribution is 0.103. The highest BCUT2D eigenvalue weighted by molar-refractivity contribution is 5.48. The molecule has 2 aliphatic rings. The second-order valence-corrected chi connectivity index (χ2v) is 5.68. The van der Waals surface area contributed by atoms with Crippen LogP contribution < -0.4 is 4.90 Å². The van der Waals surface area contributed by atoms with Gasteiger partial charge >= 0.3 is 0 Å². The van der Waals surface area contributed by atoms with E-state index in [9.17, 15) is 0 Å². The Morgan fingerprint density at radius 3 is 2.81 bits per heavy atom. The Morgan fingerprint density at radius 2 is 2.00 bits per heavy atom. The smallest absolute Gasteiger partial charge is 0.249 e. The molecule has 0 bridgehead atoms. The molecule has 1 aromatic heterocycles. The van der Waals surface area contributed by atoms with Crippen molar-refractivity contribution in [3.05, 3.63) is 42.0 Å². The van der Waals surface area contributed by atoms with Crippen LogP contribution in [0.2, 0.25) is 0 Å². The summed E-state index contributed by atoms with van der Waals surface area (Å²) in [4.78, 5) is 6.96. The van der Waals surface area contributed by atoms with E-state index in [2.05, 4.69) is 39.3 Å². The Hall–Kier alpha value is -1.88. The van der Waals surface area contributed by atoms with Crippen LogP contribution in [0.15, 0.2) is 34.9 Å². The third kappa shape index (κ3) is 2.42. The highest BCUT2D eigenvalue weighted by atomic mass is 16.5. The summed E-state index contributed by atoms with van der Waals surface area (Å²) < 4.78 is 11.2. The fourth-order valence-corrected chi connectivity index (χ4v) is 3.25. The number of anilines is 1. The Kier molecular flexibility index (Phi) is 3.35. The predicted molar refractivity (Wildman–Crippen MR) is 78.0 cm³/mol. The van der Waals surface area contributed by atoms with E-state index in [0.29, 0.717) is 5.82 Å². The highest BCUT2D eigenvalue weighted by Gasteiger charge is 2.32. The van der Waals surface area contributed by atoms with Gasteiger partial charge in [0.1, 0.15) is 12.1 Å². The third-order valence-electron chi connectivity index (χ3n) is 4.30. The lowest BCUT2D eigenvalue weighted by Crippen LogP contribution is -2.22. The van der Waals surface area contributed by atoms with Crippen molar-refractivity contribution in [2.45, 2.75) is 37.8 Å². The fourth-order valence-electron chi connectivity index (χ4n) is 3.25. The van der Waals surface area contributed by atoms with Gasteiger partial charge in [0.2, 0.25) is 11.7 Å². The lowest BCUT2D eigenvalue weighted by atomic mass is 10.2. The molecule has 2 saturated heterocycles. The van der Waals surface area contributed by atoms with Crippen LogP contribution in [0.1, 0.15) is 49.5 Å². The topological polar surface area (TPSA) is 51.4 Å². The van der Waals surface area contributed by atoms with Gasteiger partial charge < -0.3 is 14.2 Å². The number of ether oxygens (including phenoxy) is 1. The quantitative estimate of drug-likeness (QED) is 0.866. The molecule has 2 aromatic rings. The van der Waals surface area contributed by atoms with Crippen molar-refractivity contribution < 1.29 is 9.26 Å². The predicted octanol–water partition coefficient (Wildman–Crippen LogP) is 3.26. The second kappa shape index (κ2) is 5.48. The average molecular weight is 285 g/mol. The van der Waals surface area contributed by atoms with Gasteiger partial charge in [0, 0.05) is 18.8 Å². The number of aromatic nitrogens is 2. The second-order valence-electron chi connectivity index (χ2n) is 5.68. The van der Waals surface area contributed by atoms with Gasteiger partial charge in [-0.3, -0.25) is 0 Å². The number of rotatable bonds is 3. The van der Waals surface area contributed by atoms with Crippen LogP contribution in [0.5, 0.6) is 0 Å². The van der Waals surface area contributed by atoms with Crippen LogP contribution in [-0.2, 0) is 4.74 Å². The van der Waals surface area contributed by atoms with E-state index in [1.54, 1.807) is 0 Å². The molecule has 0 saturated carbocycles. The summed E-state index contributed by atoms with van der Waals surface area (Å²) in [6.45, 7) is 1.83. The largest absolute Gasteiger partial charge is 0.370 e. The molecule has 4 rings (SSSR count). The van der Waals surface area contributed by atoms with Gasteiger partial charge in [-0.1, -0.05) is 23.4 Å². The van der Waals surface area contributed by atoms with E-state index in [0.717, 1.165) is 44.7 Å². The van der Waals surface area contributed by atoms with E-state index < -0.39 is 0 Å². The molecule has 110 valence electrons. The van der Waals surface area contributed by atoms with Crippen molar-refractivity contribution in [2.75, 3.05) is 18.1 Å². The van der Waals surface area contributed by atoms with E-state index in [-0.39, 0.29) is 12.1 Å². The molecule has 0 unspecified atom stereocenters. The number of hydrogen-bond acceptors (Lipinski definition) is 5. The zero-order valence-electron chi connectivity index (χ0n) is 11.9. The van der Waals surface area contributed by atoms with Crippen LogP contribution in [-0.4, -0.2) is 23.3 Å². The molecule has 5 heteroatoms. The summed E-state index contributed by atoms with van der Waals surface area (Å²) in [7, 11) is 0. The monoisotopic (exact) mass is 285 g/mol. The zero-order chi connectivity index (χ0) is 14.1. The SMILES string of the molecule is c1ccc(N2CCC[C@H]2c2nc([C@@H]3CCCO3)no2)cc1. The Morgan fingerprint density at radius 1 is 1.10 bits per heavy atom. The number of para-hydroxylation sites is 1. The van der Waals surface area contributed by atoms with Gasteiger partial charge in [-0.05, 0) is 37.8 Å². The van der Waals surface area contributed by atoms with Gasteiger partial charge in [-0.15, -0.1) is 0 Å². The van der Waals surface area contributed by atoms with E-state index in [4.69, 9.17) is 9.26 Å². The van der Waals surface area contributed by atoms with E-state index >= 15 is 0 Å². The Labute approximate surface area is 123 Å². The average Bonchev–Trinajstić information content (AvgIpc) is 3.27. The van der Waals surface area contributed by atoms with Crippen LogP contribution in [0, 0.1) is 0 Å². The van der Waals surface area contributed by atoms with Gasteiger partial charge in [-0.2, -0.15) is 4.98 Å². The van der Waals surface area contributed by atoms with Gasteiger partial charge in [-0.25, -0.2) is 0 Å². The summed E-state index contributed by atoms with van der Waals surface area (Å²) >= 11 is 0. The minimum absolute atomic E-state index is 0.0223. The summed E-state index contributed by atoms with van der Waals surface area (Å²) in [6.07, 6.45) is 4.30. The first-order chi connectivity index (χ1) is 10.4. The molecule has 1 aromatic carbocycles. The van der Waals surface area contributed by atoms with Crippen LogP contribution in [0.3, 0.4) is 0 Å². The number of hydrogen-bond donors (Lipinski definition) is 0. The molecule has 21 heavy (non-hydrogen) atoms. The van der Waals surface area contributed by atoms with Crippen molar-refractivity contribution in [3.8, 4) is 0 Å². The van der Waals surface area contributed by atoms with Crippen molar-refractivity contribution in [2.24, 2.45) is 0 Å². The number of nitrogens with zero attached hydrogens (tertiary/aromatic N) is 3. The summed E-state index contributed by atoms with van der Waals surface area (Å²) in [5.41, 5.74) is 1.22. The maximum atomic E-state index is 5.63. The maximum absolute atomic E-state index is 5.63. The third-order valence-corrected chi connectivity index (χ3v) is 4.30. The zero-order valence-corrected chi connectivity index (χ0v) is 11.9. The standard InChI is InChI=1S/C16H19N3O2/c1-2-6-12(7-3-1)19-10-4-8-13(19)16-17-15(18-21-16)14-9-5-11-20-14/h1-3,6-7,13-14H,4-5,8-11H2/t13-,14-/m0/s1.